The zero-order valence-electron chi connectivity index (χ0n) is 77.6. The van der Waals surface area contributed by atoms with Gasteiger partial charge in [-0.3, -0.25) is 29.0 Å². The van der Waals surface area contributed by atoms with Gasteiger partial charge in [0.05, 0.1) is 114 Å². The summed E-state index contributed by atoms with van der Waals surface area (Å²) in [4.78, 5) is 72.4. The molecule has 124 heavy (non-hydrogen) atoms. The number of likely N-dealkylation sites (N-methyl/N-ethyl adjacent to an activating group) is 2. The van der Waals surface area contributed by atoms with Crippen LogP contribution >= 0.6 is 0 Å². The molecule has 0 aliphatic carbocycles. The number of aromatic hydroxyl groups is 3. The Labute approximate surface area is 731 Å². The first kappa shape index (κ1) is 106. The highest BCUT2D eigenvalue weighted by atomic mass is 16.7. The summed E-state index contributed by atoms with van der Waals surface area (Å²) in [7, 11) is 8.60. The van der Waals surface area contributed by atoms with Crippen molar-refractivity contribution in [3.05, 3.63) is 52.8 Å². The Balaban J connectivity index is 0.000000334. The van der Waals surface area contributed by atoms with Gasteiger partial charge in [0.2, 0.25) is 0 Å². The molecule has 29 atom stereocenters. The fraction of sp³-hybridized carbons (Fsp3) is 0.756. The quantitative estimate of drug-likeness (QED) is 0.0244. The highest BCUT2D eigenvalue weighted by molar-refractivity contribution is 6.24. The van der Waals surface area contributed by atoms with E-state index in [-0.39, 0.29) is 101 Å². The number of anilines is 1. The van der Waals surface area contributed by atoms with E-state index in [1.54, 1.807) is 86.4 Å². The number of ketones is 2. The molecule has 7 aliphatic heterocycles. The first-order valence-corrected chi connectivity index (χ1v) is 43.7. The minimum absolute atomic E-state index is 0.0559. The van der Waals surface area contributed by atoms with E-state index in [4.69, 9.17) is 57.6 Å². The molecule has 5 bridgehead atoms. The van der Waals surface area contributed by atoms with Gasteiger partial charge in [-0.25, -0.2) is 0 Å². The second-order valence-corrected chi connectivity index (χ2v) is 36.1. The largest absolute Gasteiger partial charge is 0.507 e. The minimum Gasteiger partial charge on any atom is -0.507 e. The standard InChI is InChI=1S/C43H58N4O12.C37H67NO13.C10H24N2O2/c1-21-12-11-13-22(2)42(55)45-33-28(20-44-47-17-15-46(9)16-18-47)37(52)30-31(38(33)53)36(51)26(6)40-32(30)41(54)43(8,59-40)57-19-14-29(56-10)23(3)39(58-27(7)48)25(5)35(50)24(4)34(21)49;1-14-25-37(10,45)30(41)20(4)27(39)18(2)16-35(8,44)32(51-34-28(40)24(38(11)12)15-19(3)47-34)21(5)29(22(6)33(43)49-25)50-26-17-36(9,46-13)31(42)23(7)48-26;1-3-9(7-13)11-5-6-12-10(4-2)8-14/h11-14,19-21,23-25,29,34-35,39,49-53H,15-18H2,1-10H3,(H,45,55);18-26,28-32,34,40-42,44-45H,14-17H2,1-13H3;9-14H,3-8H2,1-2H3/b12-11+,19-14+,22-13-,44-20-;;/t21-,23+,24+,25+,29-,34-,35+,39+,43-;18-,19-,20+,21+,22-,23+,24+,25-,26+,28-,29+,30-,31+,32-,34+,35-,36-,37-;9-,10-/m010/s1. The van der Waals surface area contributed by atoms with Gasteiger partial charge >= 0.3 is 17.7 Å². The Kier molecular flexibility index (Phi) is 39.4. The molecule has 4 saturated heterocycles. The Morgan fingerprint density at radius 3 is 1.90 bits per heavy atom. The van der Waals surface area contributed by atoms with Crippen LogP contribution < -0.4 is 20.7 Å². The fourth-order valence-electron chi connectivity index (χ4n) is 17.6. The number of esters is 2. The van der Waals surface area contributed by atoms with Crippen molar-refractivity contribution in [2.45, 2.75) is 304 Å². The number of amides is 1. The second kappa shape index (κ2) is 46.1. The molecule has 1 amide bonds. The van der Waals surface area contributed by atoms with Gasteiger partial charge in [0.1, 0.15) is 53.0 Å². The van der Waals surface area contributed by atoms with Crippen molar-refractivity contribution in [2.24, 2.45) is 52.4 Å². The molecule has 7 aliphatic rings. The lowest BCUT2D eigenvalue weighted by atomic mass is 9.74. The smallest absolute Gasteiger partial charge is 0.312 e. The zero-order chi connectivity index (χ0) is 93.4. The summed E-state index contributed by atoms with van der Waals surface area (Å²) in [5, 5.41) is 149. The average molecular weight is 1760 g/mol. The third-order valence-corrected chi connectivity index (χ3v) is 26.1. The number of hydrazone groups is 1. The highest BCUT2D eigenvalue weighted by Crippen LogP contribution is 2.55. The molecular weight excluding hydrogens is 1610 g/mol. The number of aliphatic hydroxyl groups excluding tert-OH is 7. The topological polar surface area (TPSA) is 479 Å². The Morgan fingerprint density at radius 2 is 1.35 bits per heavy atom. The summed E-state index contributed by atoms with van der Waals surface area (Å²) in [6.07, 6.45) is -2.97. The molecule has 0 spiro atoms. The van der Waals surface area contributed by atoms with E-state index in [9.17, 15) is 75.0 Å². The van der Waals surface area contributed by atoms with Gasteiger partial charge in [0.15, 0.2) is 18.3 Å². The maximum atomic E-state index is 14.4. The van der Waals surface area contributed by atoms with Crippen LogP contribution in [-0.2, 0) is 61.8 Å². The fourth-order valence-corrected chi connectivity index (χ4v) is 17.6. The maximum absolute atomic E-state index is 14.4. The number of hydrogen-bond donors (Lipinski definition) is 15. The summed E-state index contributed by atoms with van der Waals surface area (Å²) in [5.74, 6) is -13.3. The molecule has 34 heteroatoms. The number of fused-ring (bicyclic) bond motifs is 14. The Bertz CT molecular complexity index is 3950. The number of allylic oxidation sites excluding steroid dienone is 2. The SMILES string of the molecule is CC[C@@H](CO)NCCN[C@@H](CC)CO.CC[C@H]1OC(=O)[C@H](C)[C@@H](O[C@H]2C[C@@](C)(OC)[C@@H](O)[C@H](C)O2)[C@H](C)[C@@H](O[C@@H]2O[C@H](C)C[C@H](N(C)C)[C@H]2O)[C@](C)(O)C[C@@H](C)C(=O)[C@H](C)[C@@H](O)[C@]1(C)O.CO[C@H]1/C=C/O[C@@]2(C)Oc3c(C)c(O)c4c(O)c(c(/C=N\N5CCN(C)CC5)c(O)c4c3C2=O)NC(=O)/C(C)=C\C=C\[C@H](C)[C@H](O)[C@@H](C)[C@@H](O)[C@@H](C)[C@H](OC(C)=O)[C@@H]1C. The number of carbonyl (C=O) groups excluding carboxylic acids is 5. The summed E-state index contributed by atoms with van der Waals surface area (Å²) in [5.41, 5.74) is -5.19. The van der Waals surface area contributed by atoms with Gasteiger partial charge in [-0.05, 0) is 115 Å². The lowest BCUT2D eigenvalue weighted by Gasteiger charge is -2.49. The van der Waals surface area contributed by atoms with E-state index in [1.165, 1.54) is 87.3 Å². The number of nitrogens with zero attached hydrogens (tertiary/aromatic N) is 4. The number of phenols is 3. The second-order valence-electron chi connectivity index (χ2n) is 36.1. The van der Waals surface area contributed by atoms with E-state index in [2.05, 4.69) is 26.0 Å². The average Bonchev–Trinajstić information content (AvgIpc) is 1.52. The number of ether oxygens (including phenoxy) is 10. The number of Topliss-reactive ketones (excluding diaryl/α,β-unsaturated/α-hetero) is 2. The van der Waals surface area contributed by atoms with Gasteiger partial charge in [-0.1, -0.05) is 87.5 Å². The molecular formula is C90H149N7O27. The first-order valence-electron chi connectivity index (χ1n) is 43.7. The normalized spacial score (nSPS) is 37.5. The molecule has 34 nitrogen and oxygen atoms in total. The van der Waals surface area contributed by atoms with Gasteiger partial charge in [-0.2, -0.15) is 5.10 Å². The van der Waals surface area contributed by atoms with Crippen molar-refractivity contribution in [2.75, 3.05) is 93.2 Å². The van der Waals surface area contributed by atoms with Crippen LogP contribution in [-0.4, -0.2) is 326 Å². The lowest BCUT2D eigenvalue weighted by Crippen LogP contribution is -2.61. The van der Waals surface area contributed by atoms with Crippen LogP contribution in [0.2, 0.25) is 0 Å². The zero-order valence-corrected chi connectivity index (χ0v) is 77.6. The molecule has 0 saturated carbocycles. The van der Waals surface area contributed by atoms with E-state index in [0.717, 1.165) is 39.0 Å². The van der Waals surface area contributed by atoms with Gasteiger partial charge < -0.3 is 134 Å². The number of hydrogen-bond acceptors (Lipinski definition) is 33. The van der Waals surface area contributed by atoms with E-state index in [1.807, 2.05) is 46.8 Å². The Morgan fingerprint density at radius 1 is 0.742 bits per heavy atom. The number of methoxy groups -OCH3 is 2. The molecule has 0 aromatic heterocycles. The highest BCUT2D eigenvalue weighted by Gasteiger charge is 2.55. The summed E-state index contributed by atoms with van der Waals surface area (Å²) < 4.78 is 60.7. The molecule has 2 aromatic rings. The number of carbonyl (C=O) groups is 5. The predicted molar refractivity (Wildman–Crippen MR) is 465 cm³/mol. The molecule has 0 unspecified atom stereocenters. The molecule has 706 valence electrons. The van der Waals surface area contributed by atoms with Gasteiger partial charge in [0, 0.05) is 150 Å². The molecule has 9 rings (SSSR count). The van der Waals surface area contributed by atoms with Crippen LogP contribution in [0.3, 0.4) is 0 Å². The van der Waals surface area contributed by atoms with E-state index >= 15 is 0 Å². The van der Waals surface area contributed by atoms with Crippen LogP contribution in [0.4, 0.5) is 5.69 Å². The third kappa shape index (κ3) is 25.3. The van der Waals surface area contributed by atoms with Crippen molar-refractivity contribution in [1.82, 2.24) is 25.4 Å². The summed E-state index contributed by atoms with van der Waals surface area (Å²) >= 11 is 0. The number of piperazine rings is 1. The number of aliphatic hydroxyl groups is 9. The van der Waals surface area contributed by atoms with E-state index in [0.29, 0.717) is 19.5 Å². The van der Waals surface area contributed by atoms with Crippen molar-refractivity contribution < 1.29 is 133 Å². The number of rotatable bonds is 20. The monoisotopic (exact) mass is 1760 g/mol. The molecule has 4 fully saturated rings. The molecule has 15 N–H and O–H groups in total. The van der Waals surface area contributed by atoms with Crippen LogP contribution in [0.1, 0.15) is 192 Å². The number of phenolic OH excluding ortho intramolecular Hbond substituents is 3. The van der Waals surface area contributed by atoms with Crippen molar-refractivity contribution in [3.63, 3.8) is 0 Å². The minimum atomic E-state index is -2.04. The third-order valence-electron chi connectivity index (χ3n) is 26.1. The summed E-state index contributed by atoms with van der Waals surface area (Å²) in [6.45, 7) is 37.5. The number of cyclic esters (lactones) is 1. The molecule has 0 radical (unpaired) electrons. The van der Waals surface area contributed by atoms with Gasteiger partial charge in [-0.15, -0.1) is 0 Å². The van der Waals surface area contributed by atoms with Crippen LogP contribution in [0, 0.1) is 54.3 Å². The number of nitrogens with one attached hydrogen (secondary N) is 3. The summed E-state index contributed by atoms with van der Waals surface area (Å²) in [6, 6.07) is 0.0763. The maximum Gasteiger partial charge on any atom is 0.312 e. The van der Waals surface area contributed by atoms with Crippen LogP contribution in [0.25, 0.3) is 10.8 Å². The van der Waals surface area contributed by atoms with Crippen molar-refractivity contribution in [1.29, 1.82) is 0 Å². The lowest BCUT2D eigenvalue weighted by molar-refractivity contribution is -0.318. The first-order chi connectivity index (χ1) is 57.9. The van der Waals surface area contributed by atoms with Crippen molar-refractivity contribution >= 4 is 52.1 Å². The number of benzene rings is 2. The van der Waals surface area contributed by atoms with E-state index < -0.39 is 196 Å². The Hall–Kier alpha value is -6.62. The molecule has 2 aromatic carbocycles. The predicted octanol–water partition coefficient (Wildman–Crippen LogP) is 5.83. The van der Waals surface area contributed by atoms with Gasteiger partial charge in [0.25, 0.3) is 11.7 Å². The van der Waals surface area contributed by atoms with Crippen LogP contribution in [0.5, 0.6) is 23.0 Å². The molecule has 7 heterocycles. The van der Waals surface area contributed by atoms with Crippen LogP contribution in [0.15, 0.2) is 41.2 Å². The van der Waals surface area contributed by atoms with Crippen molar-refractivity contribution in [3.8, 4) is 23.0 Å².